The zero-order valence-corrected chi connectivity index (χ0v) is 16.5. The van der Waals surface area contributed by atoms with Crippen LogP contribution in [-0.2, 0) is 6.50 Å². The van der Waals surface area contributed by atoms with Gasteiger partial charge in [-0.15, -0.1) is 0 Å². The minimum atomic E-state index is -2.74. The number of H-pyrrole nitrogens is 1. The van der Waals surface area contributed by atoms with E-state index in [1.807, 2.05) is 0 Å². The number of rotatable bonds is 4. The Morgan fingerprint density at radius 1 is 1.23 bits per heavy atom. The number of nitrogens with zero attached hydrogens (tertiary/aromatic N) is 4. The molecule has 0 saturated carbocycles. The minimum Gasteiger partial charge on any atom is -0.365 e. The minimum absolute atomic E-state index is 0.0663. The molecular formula is C21H22F2N6O2. The Morgan fingerprint density at radius 2 is 2.00 bits per heavy atom. The van der Waals surface area contributed by atoms with Crippen molar-refractivity contribution in [2.45, 2.75) is 13.4 Å². The Hall–Kier alpha value is -3.40. The first-order valence-corrected chi connectivity index (χ1v) is 9.46. The Labute approximate surface area is 183 Å². The van der Waals surface area contributed by atoms with Gasteiger partial charge in [0.15, 0.2) is 5.82 Å². The molecule has 1 amide bonds. The van der Waals surface area contributed by atoms with Crippen molar-refractivity contribution >= 4 is 22.6 Å². The molecule has 0 unspecified atom stereocenters. The Balaban J connectivity index is 1.50. The standard InChI is InChI=1S/C21H22F2N6O2/c1-12-20(30)27-18-14(25-12)4-3-13(17(18)22)11-28-7-9-29(10-8-28)16-6-5-15(21(31)24-2)26-19(16)23/h3-6H,7-11H2,1-2H3,(H,24,31)(H,27,30)/i2D3,11D2. The normalized spacial score (nSPS) is 18.0. The van der Waals surface area contributed by atoms with Gasteiger partial charge in [0.2, 0.25) is 5.95 Å². The number of aryl methyl sites for hydroxylation is 1. The van der Waals surface area contributed by atoms with Crippen molar-refractivity contribution in [1.29, 1.82) is 0 Å². The fraction of sp³-hybridized carbons (Fsp3) is 0.333. The molecule has 0 aliphatic carbocycles. The Kier molecular flexibility index (Phi) is 4.17. The van der Waals surface area contributed by atoms with Crippen LogP contribution < -0.4 is 15.8 Å². The summed E-state index contributed by atoms with van der Waals surface area (Å²) < 4.78 is 68.2. The number of hydrogen-bond donors (Lipinski definition) is 2. The van der Waals surface area contributed by atoms with E-state index in [0.717, 1.165) is 0 Å². The zero-order chi connectivity index (χ0) is 26.4. The molecule has 4 rings (SSSR count). The van der Waals surface area contributed by atoms with E-state index < -0.39 is 42.4 Å². The fourth-order valence-electron chi connectivity index (χ4n) is 3.38. The lowest BCUT2D eigenvalue weighted by molar-refractivity contribution is 0.0957. The molecule has 1 aliphatic rings. The summed E-state index contributed by atoms with van der Waals surface area (Å²) in [5, 5.41) is 1.74. The van der Waals surface area contributed by atoms with Crippen molar-refractivity contribution in [3.63, 3.8) is 0 Å². The zero-order valence-electron chi connectivity index (χ0n) is 21.5. The summed E-state index contributed by atoms with van der Waals surface area (Å²) in [5.74, 6) is -2.93. The van der Waals surface area contributed by atoms with Crippen LogP contribution in [0.3, 0.4) is 0 Å². The van der Waals surface area contributed by atoms with Crippen LogP contribution in [0.25, 0.3) is 11.0 Å². The molecule has 1 saturated heterocycles. The second-order valence-corrected chi connectivity index (χ2v) is 7.02. The average Bonchev–Trinajstić information content (AvgIpc) is 2.79. The summed E-state index contributed by atoms with van der Waals surface area (Å²) in [7, 11) is 0. The molecule has 3 aromatic rings. The topological polar surface area (TPSA) is 94.2 Å². The number of hydrogen-bond acceptors (Lipinski definition) is 6. The van der Waals surface area contributed by atoms with Crippen LogP contribution in [0.2, 0.25) is 0 Å². The number of piperazine rings is 1. The monoisotopic (exact) mass is 433 g/mol. The number of amides is 1. The number of aromatic amines is 1. The van der Waals surface area contributed by atoms with Crippen LogP contribution >= 0.6 is 0 Å². The van der Waals surface area contributed by atoms with Crippen LogP contribution in [0, 0.1) is 18.7 Å². The quantitative estimate of drug-likeness (QED) is 0.607. The van der Waals surface area contributed by atoms with Gasteiger partial charge >= 0.3 is 0 Å². The lowest BCUT2D eigenvalue weighted by Crippen LogP contribution is -2.46. The van der Waals surface area contributed by atoms with Crippen molar-refractivity contribution in [1.82, 2.24) is 25.2 Å². The van der Waals surface area contributed by atoms with E-state index >= 15 is 4.39 Å². The van der Waals surface area contributed by atoms with Gasteiger partial charge in [0.25, 0.3) is 11.5 Å². The van der Waals surface area contributed by atoms with Gasteiger partial charge in [-0.05, 0) is 25.1 Å². The molecule has 0 atom stereocenters. The van der Waals surface area contributed by atoms with E-state index in [9.17, 15) is 14.0 Å². The maximum absolute atomic E-state index is 15.2. The van der Waals surface area contributed by atoms with Gasteiger partial charge in [0, 0.05) is 52.1 Å². The van der Waals surface area contributed by atoms with Gasteiger partial charge in [-0.2, -0.15) is 4.39 Å². The summed E-state index contributed by atoms with van der Waals surface area (Å²) >= 11 is 0. The first kappa shape index (κ1) is 15.4. The molecule has 0 bridgehead atoms. The Bertz CT molecular complexity index is 1390. The van der Waals surface area contributed by atoms with E-state index in [2.05, 4.69) is 15.0 Å². The van der Waals surface area contributed by atoms with Gasteiger partial charge in [0.05, 0.1) is 11.2 Å². The molecular weight excluding hydrogens is 406 g/mol. The molecule has 10 heteroatoms. The van der Waals surface area contributed by atoms with Gasteiger partial charge in [-0.3, -0.25) is 14.5 Å². The molecule has 3 heterocycles. The van der Waals surface area contributed by atoms with Crippen LogP contribution in [0.1, 0.15) is 28.6 Å². The summed E-state index contributed by atoms with van der Waals surface area (Å²) in [6, 6.07) is 5.23. The number of anilines is 1. The smallest absolute Gasteiger partial charge is 0.269 e. The van der Waals surface area contributed by atoms with E-state index in [0.29, 0.717) is 0 Å². The number of carbonyl (C=O) groups is 1. The van der Waals surface area contributed by atoms with Gasteiger partial charge in [-0.1, -0.05) is 6.07 Å². The number of halogens is 2. The summed E-state index contributed by atoms with van der Waals surface area (Å²) in [6.07, 6.45) is 0. The maximum atomic E-state index is 15.2. The molecule has 2 aromatic heterocycles. The van der Waals surface area contributed by atoms with Crippen LogP contribution in [-0.4, -0.2) is 58.9 Å². The third-order valence-corrected chi connectivity index (χ3v) is 5.05. The van der Waals surface area contributed by atoms with Crippen molar-refractivity contribution in [3.05, 3.63) is 63.3 Å². The highest BCUT2D eigenvalue weighted by Crippen LogP contribution is 2.22. The highest BCUT2D eigenvalue weighted by atomic mass is 19.1. The first-order chi connectivity index (χ1) is 16.8. The third-order valence-electron chi connectivity index (χ3n) is 5.05. The van der Waals surface area contributed by atoms with Crippen molar-refractivity contribution in [3.8, 4) is 0 Å². The lowest BCUT2D eigenvalue weighted by Gasteiger charge is -2.36. The molecule has 1 aliphatic heterocycles. The maximum Gasteiger partial charge on any atom is 0.269 e. The largest absolute Gasteiger partial charge is 0.365 e. The van der Waals surface area contributed by atoms with Crippen molar-refractivity contribution in [2.24, 2.45) is 0 Å². The molecule has 8 nitrogen and oxygen atoms in total. The number of carbonyl (C=O) groups excluding carboxylic acids is 1. The second-order valence-electron chi connectivity index (χ2n) is 7.02. The first-order valence-electron chi connectivity index (χ1n) is 12.0. The molecule has 1 aromatic carbocycles. The SMILES string of the molecule is [2H]C([2H])([2H])NC(=O)c1ccc(N2CCN(C([2H])([2H])c3ccc4nc(C)c(=O)[nH]c4c3F)CC2)c(F)n1. The fourth-order valence-corrected chi connectivity index (χ4v) is 3.38. The molecule has 31 heavy (non-hydrogen) atoms. The summed E-state index contributed by atoms with van der Waals surface area (Å²) in [4.78, 5) is 36.8. The number of pyridine rings is 1. The third kappa shape index (κ3) is 4.11. The van der Waals surface area contributed by atoms with Gasteiger partial charge in [0.1, 0.15) is 16.9 Å². The second kappa shape index (κ2) is 8.38. The number of nitrogens with one attached hydrogen (secondary N) is 2. The predicted molar refractivity (Wildman–Crippen MR) is 112 cm³/mol. The molecule has 2 N–H and O–H groups in total. The van der Waals surface area contributed by atoms with E-state index in [4.69, 9.17) is 6.85 Å². The van der Waals surface area contributed by atoms with Crippen LogP contribution in [0.5, 0.6) is 0 Å². The lowest BCUT2D eigenvalue weighted by atomic mass is 10.1. The predicted octanol–water partition coefficient (Wildman–Crippen LogP) is 1.59. The van der Waals surface area contributed by atoms with Gasteiger partial charge < -0.3 is 15.2 Å². The number of aromatic nitrogens is 3. The highest BCUT2D eigenvalue weighted by Gasteiger charge is 2.22. The van der Waals surface area contributed by atoms with E-state index in [1.54, 1.807) is 10.2 Å². The number of benzene rings is 1. The van der Waals surface area contributed by atoms with Gasteiger partial charge in [-0.25, -0.2) is 14.4 Å². The Morgan fingerprint density at radius 3 is 2.71 bits per heavy atom. The average molecular weight is 433 g/mol. The van der Waals surface area contributed by atoms with E-state index in [1.165, 1.54) is 36.1 Å². The van der Waals surface area contributed by atoms with Crippen LogP contribution in [0.4, 0.5) is 14.5 Å². The van der Waals surface area contributed by atoms with Crippen LogP contribution in [0.15, 0.2) is 29.1 Å². The molecule has 0 radical (unpaired) electrons. The molecule has 1 fully saturated rings. The highest BCUT2D eigenvalue weighted by molar-refractivity contribution is 5.92. The number of fused-ring (bicyclic) bond motifs is 1. The summed E-state index contributed by atoms with van der Waals surface area (Å²) in [6.45, 7) is -2.93. The van der Waals surface area contributed by atoms with Crippen molar-refractivity contribution < 1.29 is 20.4 Å². The molecule has 0 spiro atoms. The molecule has 162 valence electrons. The summed E-state index contributed by atoms with van der Waals surface area (Å²) in [5.41, 5.74) is -0.961. The van der Waals surface area contributed by atoms with E-state index in [-0.39, 0.29) is 54.2 Å². The van der Waals surface area contributed by atoms with Crippen molar-refractivity contribution in [2.75, 3.05) is 38.1 Å².